The largest absolute Gasteiger partial charge is 0.327 e. The number of nitrogens with zero attached hydrogens (tertiary/aromatic N) is 1. The van der Waals surface area contributed by atoms with Gasteiger partial charge in [0.05, 0.1) is 0 Å². The summed E-state index contributed by atoms with van der Waals surface area (Å²) in [4.78, 5) is 4.49. The minimum atomic E-state index is 0.279. The first-order chi connectivity index (χ1) is 7.18. The van der Waals surface area contributed by atoms with E-state index >= 15 is 0 Å². The number of hydrogen-bond acceptors (Lipinski definition) is 2. The molecule has 82 valence electrons. The topological polar surface area (TPSA) is 38.9 Å². The monoisotopic (exact) mass is 204 g/mol. The molecular weight excluding hydrogens is 184 g/mol. The zero-order chi connectivity index (χ0) is 10.8. The second kappa shape index (κ2) is 4.31. The van der Waals surface area contributed by atoms with Crippen molar-refractivity contribution in [3.05, 3.63) is 29.6 Å². The Hall–Kier alpha value is -0.890. The Labute approximate surface area is 91.9 Å². The summed E-state index contributed by atoms with van der Waals surface area (Å²) in [6, 6.07) is 4.49. The summed E-state index contributed by atoms with van der Waals surface area (Å²) < 4.78 is 0. The standard InChI is InChI=1S/C13H20N2/c1-9(2)8-12(14)11-6-5-10-4-3-7-15-13(10)11/h3-4,7,9,11-12H,5-6,8,14H2,1-2H3. The molecule has 0 bridgehead atoms. The van der Waals surface area contributed by atoms with Gasteiger partial charge >= 0.3 is 0 Å². The number of fused-ring (bicyclic) bond motifs is 1. The molecule has 2 atom stereocenters. The van der Waals surface area contributed by atoms with Crippen LogP contribution in [0.15, 0.2) is 18.3 Å². The van der Waals surface area contributed by atoms with E-state index in [1.807, 2.05) is 12.3 Å². The molecular formula is C13H20N2. The number of hydrogen-bond donors (Lipinski definition) is 1. The molecule has 0 aromatic carbocycles. The van der Waals surface area contributed by atoms with Crippen LogP contribution in [-0.4, -0.2) is 11.0 Å². The van der Waals surface area contributed by atoms with Crippen LogP contribution < -0.4 is 5.73 Å². The third-order valence-corrected chi connectivity index (χ3v) is 3.26. The molecule has 0 radical (unpaired) electrons. The minimum absolute atomic E-state index is 0.279. The van der Waals surface area contributed by atoms with Crippen molar-refractivity contribution >= 4 is 0 Å². The highest BCUT2D eigenvalue weighted by atomic mass is 14.7. The normalized spacial score (nSPS) is 21.7. The Bertz CT molecular complexity index is 333. The van der Waals surface area contributed by atoms with Crippen molar-refractivity contribution in [2.45, 2.75) is 45.1 Å². The van der Waals surface area contributed by atoms with Gasteiger partial charge in [0.15, 0.2) is 0 Å². The third-order valence-electron chi connectivity index (χ3n) is 3.26. The number of aryl methyl sites for hydroxylation is 1. The van der Waals surface area contributed by atoms with Crippen molar-refractivity contribution in [2.75, 3.05) is 0 Å². The highest BCUT2D eigenvalue weighted by molar-refractivity contribution is 5.29. The van der Waals surface area contributed by atoms with E-state index in [9.17, 15) is 0 Å². The lowest BCUT2D eigenvalue weighted by Crippen LogP contribution is -2.29. The molecule has 0 saturated carbocycles. The molecule has 2 heteroatoms. The van der Waals surface area contributed by atoms with Crippen molar-refractivity contribution in [2.24, 2.45) is 11.7 Å². The molecule has 1 aliphatic rings. The van der Waals surface area contributed by atoms with Gasteiger partial charge in [-0.3, -0.25) is 4.98 Å². The van der Waals surface area contributed by atoms with E-state index in [1.165, 1.54) is 17.7 Å². The summed E-state index contributed by atoms with van der Waals surface area (Å²) >= 11 is 0. The van der Waals surface area contributed by atoms with Crippen LogP contribution in [0.5, 0.6) is 0 Å². The van der Waals surface area contributed by atoms with Crippen molar-refractivity contribution in [3.63, 3.8) is 0 Å². The summed E-state index contributed by atoms with van der Waals surface area (Å²) in [5, 5.41) is 0. The summed E-state index contributed by atoms with van der Waals surface area (Å²) in [7, 11) is 0. The van der Waals surface area contributed by atoms with Gasteiger partial charge in [-0.15, -0.1) is 0 Å². The van der Waals surface area contributed by atoms with Gasteiger partial charge in [0.25, 0.3) is 0 Å². The van der Waals surface area contributed by atoms with Crippen LogP contribution in [0.3, 0.4) is 0 Å². The summed E-state index contributed by atoms with van der Waals surface area (Å²) in [5.74, 6) is 1.16. The van der Waals surface area contributed by atoms with Crippen molar-refractivity contribution in [3.8, 4) is 0 Å². The maximum Gasteiger partial charge on any atom is 0.0482 e. The predicted octanol–water partition coefficient (Wildman–Crippen LogP) is 2.48. The first-order valence-corrected chi connectivity index (χ1v) is 5.88. The smallest absolute Gasteiger partial charge is 0.0482 e. The highest BCUT2D eigenvalue weighted by Crippen LogP contribution is 2.34. The van der Waals surface area contributed by atoms with Gasteiger partial charge in [0.2, 0.25) is 0 Å². The average molecular weight is 204 g/mol. The van der Waals surface area contributed by atoms with E-state index < -0.39 is 0 Å². The van der Waals surface area contributed by atoms with Gasteiger partial charge in [-0.2, -0.15) is 0 Å². The third kappa shape index (κ3) is 2.20. The SMILES string of the molecule is CC(C)CC(N)C1CCc2cccnc21. The van der Waals surface area contributed by atoms with Crippen LogP contribution >= 0.6 is 0 Å². The summed E-state index contributed by atoms with van der Waals surface area (Å²) in [6.45, 7) is 4.46. The second-order valence-electron chi connectivity index (χ2n) is 4.99. The van der Waals surface area contributed by atoms with Gasteiger partial charge in [-0.05, 0) is 36.8 Å². The Morgan fingerprint density at radius 3 is 3.07 bits per heavy atom. The van der Waals surface area contributed by atoms with Crippen LogP contribution in [0, 0.1) is 5.92 Å². The second-order valence-corrected chi connectivity index (χ2v) is 4.99. The molecule has 1 aromatic heterocycles. The molecule has 1 heterocycles. The van der Waals surface area contributed by atoms with E-state index in [-0.39, 0.29) is 6.04 Å². The van der Waals surface area contributed by atoms with E-state index in [0.29, 0.717) is 11.8 Å². The van der Waals surface area contributed by atoms with E-state index in [4.69, 9.17) is 5.73 Å². The molecule has 0 saturated heterocycles. The Kier molecular flexibility index (Phi) is 3.06. The van der Waals surface area contributed by atoms with Crippen molar-refractivity contribution in [1.29, 1.82) is 0 Å². The molecule has 2 rings (SSSR count). The quantitative estimate of drug-likeness (QED) is 0.821. The molecule has 2 N–H and O–H groups in total. The molecule has 15 heavy (non-hydrogen) atoms. The summed E-state index contributed by atoms with van der Waals surface area (Å²) in [6.07, 6.45) is 5.32. The van der Waals surface area contributed by atoms with Gasteiger partial charge in [0.1, 0.15) is 0 Å². The number of aromatic nitrogens is 1. The van der Waals surface area contributed by atoms with Crippen LogP contribution in [-0.2, 0) is 6.42 Å². The fourth-order valence-corrected chi connectivity index (χ4v) is 2.57. The Morgan fingerprint density at radius 2 is 2.33 bits per heavy atom. The molecule has 2 nitrogen and oxygen atoms in total. The van der Waals surface area contributed by atoms with Gasteiger partial charge < -0.3 is 5.73 Å². The fourth-order valence-electron chi connectivity index (χ4n) is 2.57. The minimum Gasteiger partial charge on any atom is -0.327 e. The first kappa shape index (κ1) is 10.6. The number of pyridine rings is 1. The fraction of sp³-hybridized carbons (Fsp3) is 0.615. The lowest BCUT2D eigenvalue weighted by atomic mass is 9.91. The van der Waals surface area contributed by atoms with Crippen molar-refractivity contribution < 1.29 is 0 Å². The van der Waals surface area contributed by atoms with E-state index in [1.54, 1.807) is 0 Å². The molecule has 0 aliphatic heterocycles. The lowest BCUT2D eigenvalue weighted by Gasteiger charge is -2.21. The molecule has 0 spiro atoms. The molecule has 2 unspecified atom stereocenters. The number of nitrogens with two attached hydrogens (primary N) is 1. The van der Waals surface area contributed by atoms with Gasteiger partial charge in [-0.1, -0.05) is 19.9 Å². The van der Waals surface area contributed by atoms with Crippen LogP contribution in [0.2, 0.25) is 0 Å². The summed E-state index contributed by atoms with van der Waals surface area (Å²) in [5.41, 5.74) is 8.91. The zero-order valence-corrected chi connectivity index (χ0v) is 9.61. The Morgan fingerprint density at radius 1 is 1.53 bits per heavy atom. The highest BCUT2D eigenvalue weighted by Gasteiger charge is 2.28. The van der Waals surface area contributed by atoms with Gasteiger partial charge in [-0.25, -0.2) is 0 Å². The van der Waals surface area contributed by atoms with E-state index in [2.05, 4.69) is 24.9 Å². The average Bonchev–Trinajstić information content (AvgIpc) is 2.59. The maximum atomic E-state index is 6.25. The number of rotatable bonds is 3. The molecule has 0 amide bonds. The zero-order valence-electron chi connectivity index (χ0n) is 9.61. The molecule has 1 aromatic rings. The molecule has 0 fully saturated rings. The van der Waals surface area contributed by atoms with E-state index in [0.717, 1.165) is 12.8 Å². The predicted molar refractivity (Wildman–Crippen MR) is 62.7 cm³/mol. The maximum absolute atomic E-state index is 6.25. The van der Waals surface area contributed by atoms with Gasteiger partial charge in [0, 0.05) is 23.9 Å². The Balaban J connectivity index is 2.13. The first-order valence-electron chi connectivity index (χ1n) is 5.88. The van der Waals surface area contributed by atoms with Crippen molar-refractivity contribution in [1.82, 2.24) is 4.98 Å². The van der Waals surface area contributed by atoms with Crippen LogP contribution in [0.25, 0.3) is 0 Å². The van der Waals surface area contributed by atoms with Crippen LogP contribution in [0.4, 0.5) is 0 Å². The van der Waals surface area contributed by atoms with Crippen LogP contribution in [0.1, 0.15) is 43.9 Å². The lowest BCUT2D eigenvalue weighted by molar-refractivity contribution is 0.427. The molecule has 1 aliphatic carbocycles.